The third-order valence-electron chi connectivity index (χ3n) is 2.07. The van der Waals surface area contributed by atoms with E-state index in [1.807, 2.05) is 0 Å². The fraction of sp³-hybridized carbons (Fsp3) is 0.900. The molecule has 0 fully saturated rings. The topological polar surface area (TPSA) is 36.4 Å². The molecule has 3 heteroatoms. The minimum absolute atomic E-state index is 0.451. The highest BCUT2D eigenvalue weighted by atomic mass is 15.2. The molecule has 0 unspecified atom stereocenters. The lowest BCUT2D eigenvalue weighted by molar-refractivity contribution is 0.365. The molecule has 1 aliphatic rings. The Morgan fingerprint density at radius 2 is 2.23 bits per heavy atom. The number of rotatable bonds is 3. The largest absolute Gasteiger partial charge is 0.356 e. The van der Waals surface area contributed by atoms with Gasteiger partial charge in [0.2, 0.25) is 0 Å². The van der Waals surface area contributed by atoms with Gasteiger partial charge in [0.1, 0.15) is 0 Å². The summed E-state index contributed by atoms with van der Waals surface area (Å²) < 4.78 is 0. The summed E-state index contributed by atoms with van der Waals surface area (Å²) in [4.78, 5) is 4.26. The second-order valence-electron chi connectivity index (χ2n) is 4.75. The van der Waals surface area contributed by atoms with Gasteiger partial charge in [-0.3, -0.25) is 4.99 Å². The van der Waals surface area contributed by atoms with Crippen molar-refractivity contribution in [3.8, 4) is 0 Å². The van der Waals surface area contributed by atoms with E-state index in [0.717, 1.165) is 25.6 Å². The third-order valence-corrected chi connectivity index (χ3v) is 2.07. The van der Waals surface area contributed by atoms with Crippen LogP contribution in [0.1, 0.15) is 33.6 Å². The first-order chi connectivity index (χ1) is 6.08. The van der Waals surface area contributed by atoms with Gasteiger partial charge in [0.05, 0.1) is 6.54 Å². The number of guanidine groups is 1. The molecule has 2 N–H and O–H groups in total. The van der Waals surface area contributed by atoms with Crippen LogP contribution < -0.4 is 10.6 Å². The molecule has 0 aromatic rings. The second kappa shape index (κ2) is 4.49. The zero-order valence-corrected chi connectivity index (χ0v) is 8.98. The predicted molar refractivity (Wildman–Crippen MR) is 57.0 cm³/mol. The molecule has 13 heavy (non-hydrogen) atoms. The number of hydrogen-bond donors (Lipinski definition) is 2. The Morgan fingerprint density at radius 1 is 1.46 bits per heavy atom. The van der Waals surface area contributed by atoms with Crippen molar-refractivity contribution < 1.29 is 0 Å². The monoisotopic (exact) mass is 183 g/mol. The van der Waals surface area contributed by atoms with Crippen molar-refractivity contribution in [2.75, 3.05) is 19.6 Å². The average Bonchev–Trinajstić information content (AvgIpc) is 2.48. The molecule has 0 aromatic carbocycles. The Kier molecular flexibility index (Phi) is 3.58. The Bertz CT molecular complexity index is 179. The quantitative estimate of drug-likeness (QED) is 0.648. The highest BCUT2D eigenvalue weighted by Crippen LogP contribution is 2.19. The SMILES string of the molecule is CC(C)(C)CCCNC1=NCCN1. The van der Waals surface area contributed by atoms with Crippen LogP contribution >= 0.6 is 0 Å². The highest BCUT2D eigenvalue weighted by molar-refractivity contribution is 5.81. The Morgan fingerprint density at radius 3 is 2.77 bits per heavy atom. The molecule has 76 valence electrons. The van der Waals surface area contributed by atoms with Crippen LogP contribution in [0.15, 0.2) is 4.99 Å². The normalized spacial score (nSPS) is 16.7. The number of nitrogens with zero attached hydrogens (tertiary/aromatic N) is 1. The molecule has 0 spiro atoms. The zero-order valence-electron chi connectivity index (χ0n) is 8.98. The summed E-state index contributed by atoms with van der Waals surface area (Å²) >= 11 is 0. The molecule has 0 saturated carbocycles. The van der Waals surface area contributed by atoms with Crippen molar-refractivity contribution in [3.63, 3.8) is 0 Å². The van der Waals surface area contributed by atoms with Crippen LogP contribution in [0.5, 0.6) is 0 Å². The van der Waals surface area contributed by atoms with Gasteiger partial charge in [-0.25, -0.2) is 0 Å². The summed E-state index contributed by atoms with van der Waals surface area (Å²) in [6, 6.07) is 0. The van der Waals surface area contributed by atoms with Crippen LogP contribution in [0, 0.1) is 5.41 Å². The minimum Gasteiger partial charge on any atom is -0.356 e. The van der Waals surface area contributed by atoms with E-state index in [0.29, 0.717) is 5.41 Å². The summed E-state index contributed by atoms with van der Waals surface area (Å²) in [5, 5.41) is 6.49. The second-order valence-corrected chi connectivity index (χ2v) is 4.75. The Balaban J connectivity index is 2.01. The van der Waals surface area contributed by atoms with E-state index in [-0.39, 0.29) is 0 Å². The molecular weight excluding hydrogens is 162 g/mol. The lowest BCUT2D eigenvalue weighted by Gasteiger charge is -2.17. The van der Waals surface area contributed by atoms with Gasteiger partial charge in [-0.05, 0) is 18.3 Å². The molecule has 0 atom stereocenters. The maximum atomic E-state index is 4.26. The van der Waals surface area contributed by atoms with Gasteiger partial charge in [0, 0.05) is 13.1 Å². The first-order valence-electron chi connectivity index (χ1n) is 5.10. The Labute approximate surface area is 81.0 Å². The van der Waals surface area contributed by atoms with Crippen molar-refractivity contribution in [2.24, 2.45) is 10.4 Å². The molecule has 1 heterocycles. The molecule has 0 aromatic heterocycles. The lowest BCUT2D eigenvalue weighted by Crippen LogP contribution is -2.34. The van der Waals surface area contributed by atoms with Gasteiger partial charge in [0.15, 0.2) is 5.96 Å². The van der Waals surface area contributed by atoms with E-state index in [1.165, 1.54) is 12.8 Å². The number of nitrogens with one attached hydrogen (secondary N) is 2. The van der Waals surface area contributed by atoms with E-state index < -0.39 is 0 Å². The van der Waals surface area contributed by atoms with Gasteiger partial charge < -0.3 is 10.6 Å². The van der Waals surface area contributed by atoms with Gasteiger partial charge in [-0.2, -0.15) is 0 Å². The van der Waals surface area contributed by atoms with Crippen LogP contribution in [-0.4, -0.2) is 25.6 Å². The van der Waals surface area contributed by atoms with Crippen molar-refractivity contribution in [3.05, 3.63) is 0 Å². The van der Waals surface area contributed by atoms with E-state index in [2.05, 4.69) is 36.4 Å². The zero-order chi connectivity index (χ0) is 9.73. The highest BCUT2D eigenvalue weighted by Gasteiger charge is 2.09. The van der Waals surface area contributed by atoms with Gasteiger partial charge in [-0.1, -0.05) is 20.8 Å². The smallest absolute Gasteiger partial charge is 0.191 e. The van der Waals surface area contributed by atoms with E-state index in [1.54, 1.807) is 0 Å². The summed E-state index contributed by atoms with van der Waals surface area (Å²) in [7, 11) is 0. The molecule has 1 rings (SSSR count). The molecule has 0 aliphatic carbocycles. The minimum atomic E-state index is 0.451. The lowest BCUT2D eigenvalue weighted by atomic mass is 9.91. The van der Waals surface area contributed by atoms with Crippen LogP contribution in [-0.2, 0) is 0 Å². The molecule has 0 saturated heterocycles. The molecule has 0 bridgehead atoms. The van der Waals surface area contributed by atoms with E-state index in [4.69, 9.17) is 0 Å². The molecule has 1 aliphatic heterocycles. The molecular formula is C10H21N3. The maximum absolute atomic E-state index is 4.26. The fourth-order valence-electron chi connectivity index (χ4n) is 1.34. The number of aliphatic imine (C=N–C) groups is 1. The van der Waals surface area contributed by atoms with E-state index >= 15 is 0 Å². The summed E-state index contributed by atoms with van der Waals surface area (Å²) in [6.45, 7) is 9.77. The van der Waals surface area contributed by atoms with Gasteiger partial charge in [0.25, 0.3) is 0 Å². The summed E-state index contributed by atoms with van der Waals surface area (Å²) in [5.41, 5.74) is 0.451. The Hall–Kier alpha value is -0.730. The first-order valence-corrected chi connectivity index (χ1v) is 5.10. The summed E-state index contributed by atoms with van der Waals surface area (Å²) in [6.07, 6.45) is 2.47. The average molecular weight is 183 g/mol. The predicted octanol–water partition coefficient (Wildman–Crippen LogP) is 1.36. The molecule has 0 amide bonds. The molecule has 0 radical (unpaired) electrons. The fourth-order valence-corrected chi connectivity index (χ4v) is 1.34. The molecule has 3 nitrogen and oxygen atoms in total. The maximum Gasteiger partial charge on any atom is 0.191 e. The standard InChI is InChI=1S/C10H21N3/c1-10(2,3)5-4-6-11-9-12-7-8-13-9/h4-8H2,1-3H3,(H2,11,12,13). The van der Waals surface area contributed by atoms with E-state index in [9.17, 15) is 0 Å². The van der Waals surface area contributed by atoms with Crippen molar-refractivity contribution >= 4 is 5.96 Å². The van der Waals surface area contributed by atoms with Crippen LogP contribution in [0.3, 0.4) is 0 Å². The van der Waals surface area contributed by atoms with Crippen molar-refractivity contribution in [2.45, 2.75) is 33.6 Å². The van der Waals surface area contributed by atoms with Crippen LogP contribution in [0.4, 0.5) is 0 Å². The van der Waals surface area contributed by atoms with Crippen molar-refractivity contribution in [1.82, 2.24) is 10.6 Å². The number of hydrogen-bond acceptors (Lipinski definition) is 3. The van der Waals surface area contributed by atoms with Crippen LogP contribution in [0.2, 0.25) is 0 Å². The van der Waals surface area contributed by atoms with Gasteiger partial charge in [-0.15, -0.1) is 0 Å². The van der Waals surface area contributed by atoms with Crippen molar-refractivity contribution in [1.29, 1.82) is 0 Å². The van der Waals surface area contributed by atoms with Gasteiger partial charge >= 0.3 is 0 Å². The van der Waals surface area contributed by atoms with Crippen LogP contribution in [0.25, 0.3) is 0 Å². The summed E-state index contributed by atoms with van der Waals surface area (Å²) in [5.74, 6) is 0.980. The first kappa shape index (κ1) is 10.4. The third kappa shape index (κ3) is 4.76.